The molecule has 0 radical (unpaired) electrons. The second kappa shape index (κ2) is 6.70. The lowest BCUT2D eigenvalue weighted by Crippen LogP contribution is -2.31. The molecular weight excluding hydrogens is 240 g/mol. The van der Waals surface area contributed by atoms with E-state index in [1.165, 1.54) is 0 Å². The van der Waals surface area contributed by atoms with Crippen molar-refractivity contribution in [3.05, 3.63) is 11.9 Å². The highest BCUT2D eigenvalue weighted by atomic mass is 16.5. The molecule has 1 fully saturated rings. The quantitative estimate of drug-likeness (QED) is 0.902. The number of ether oxygens (including phenoxy) is 1. The number of aromatic nitrogens is 2. The minimum absolute atomic E-state index is 0.255. The molecule has 1 N–H and O–H groups in total. The molecule has 5 nitrogen and oxygen atoms in total. The van der Waals surface area contributed by atoms with Crippen molar-refractivity contribution in [3.8, 4) is 0 Å². The molecule has 0 amide bonds. The van der Waals surface area contributed by atoms with Gasteiger partial charge in [-0.05, 0) is 20.3 Å². The molecule has 1 atom stereocenters. The van der Waals surface area contributed by atoms with E-state index in [9.17, 15) is 0 Å². The van der Waals surface area contributed by atoms with E-state index in [1.807, 2.05) is 6.07 Å². The number of nitrogens with zero attached hydrogens (tertiary/aromatic N) is 3. The maximum atomic E-state index is 5.69. The molecule has 1 unspecified atom stereocenters. The van der Waals surface area contributed by atoms with Crippen molar-refractivity contribution >= 4 is 11.6 Å². The van der Waals surface area contributed by atoms with Gasteiger partial charge in [-0.3, -0.25) is 0 Å². The average Bonchev–Trinajstić information content (AvgIpc) is 2.63. The van der Waals surface area contributed by atoms with E-state index >= 15 is 0 Å². The molecule has 2 heterocycles. The molecule has 1 aromatic heterocycles. The summed E-state index contributed by atoms with van der Waals surface area (Å²) in [4.78, 5) is 11.5. The largest absolute Gasteiger partial charge is 0.377 e. The Kier molecular flexibility index (Phi) is 4.96. The zero-order valence-electron chi connectivity index (χ0n) is 12.1. The van der Waals surface area contributed by atoms with Crippen LogP contribution in [0.15, 0.2) is 6.07 Å². The fourth-order valence-corrected chi connectivity index (χ4v) is 2.28. The first kappa shape index (κ1) is 14.1. The number of hydrogen-bond acceptors (Lipinski definition) is 5. The second-order valence-electron chi connectivity index (χ2n) is 4.89. The van der Waals surface area contributed by atoms with Crippen molar-refractivity contribution in [3.63, 3.8) is 0 Å². The van der Waals surface area contributed by atoms with Crippen LogP contribution in [0.25, 0.3) is 0 Å². The summed E-state index contributed by atoms with van der Waals surface area (Å²) in [5, 5.41) is 3.28. The zero-order chi connectivity index (χ0) is 13.7. The van der Waals surface area contributed by atoms with E-state index < -0.39 is 0 Å². The summed E-state index contributed by atoms with van der Waals surface area (Å²) >= 11 is 0. The summed E-state index contributed by atoms with van der Waals surface area (Å²) in [6, 6.07) is 2.04. The SMILES string of the molecule is CCNc1cc(N2CCCOC(C)C2)nc(CC)n1. The van der Waals surface area contributed by atoms with Crippen molar-refractivity contribution in [2.75, 3.05) is 36.5 Å². The Balaban J connectivity index is 2.23. The molecule has 0 spiro atoms. The van der Waals surface area contributed by atoms with Crippen LogP contribution in [0.2, 0.25) is 0 Å². The topological polar surface area (TPSA) is 50.3 Å². The molecule has 106 valence electrons. The van der Waals surface area contributed by atoms with Crippen LogP contribution in [0.1, 0.15) is 33.0 Å². The van der Waals surface area contributed by atoms with Gasteiger partial charge in [-0.25, -0.2) is 9.97 Å². The number of hydrogen-bond donors (Lipinski definition) is 1. The first-order valence-corrected chi connectivity index (χ1v) is 7.21. The van der Waals surface area contributed by atoms with Gasteiger partial charge in [-0.15, -0.1) is 0 Å². The maximum Gasteiger partial charge on any atom is 0.134 e. The molecular formula is C14H24N4O. The fraction of sp³-hybridized carbons (Fsp3) is 0.714. The Hall–Kier alpha value is -1.36. The molecule has 5 heteroatoms. The summed E-state index contributed by atoms with van der Waals surface area (Å²) in [6.07, 6.45) is 2.16. The van der Waals surface area contributed by atoms with Crippen LogP contribution in [0.3, 0.4) is 0 Å². The van der Waals surface area contributed by atoms with Crippen molar-refractivity contribution < 1.29 is 4.74 Å². The van der Waals surface area contributed by atoms with E-state index in [0.717, 1.165) is 56.5 Å². The molecule has 0 bridgehead atoms. The van der Waals surface area contributed by atoms with Crippen LogP contribution in [-0.4, -0.2) is 42.3 Å². The Bertz CT molecular complexity index is 410. The van der Waals surface area contributed by atoms with Gasteiger partial charge in [0.05, 0.1) is 6.10 Å². The van der Waals surface area contributed by atoms with Crippen molar-refractivity contribution in [1.29, 1.82) is 0 Å². The van der Waals surface area contributed by atoms with Gasteiger partial charge in [-0.2, -0.15) is 0 Å². The predicted octanol–water partition coefficient (Wildman–Crippen LogP) is 2.09. The second-order valence-corrected chi connectivity index (χ2v) is 4.89. The normalized spacial score (nSPS) is 20.2. The number of nitrogens with one attached hydrogen (secondary N) is 1. The van der Waals surface area contributed by atoms with Crippen molar-refractivity contribution in [2.45, 2.75) is 39.7 Å². The van der Waals surface area contributed by atoms with E-state index in [2.05, 4.69) is 41.0 Å². The summed E-state index contributed by atoms with van der Waals surface area (Å²) < 4.78 is 5.69. The van der Waals surface area contributed by atoms with Gasteiger partial charge in [0.15, 0.2) is 0 Å². The average molecular weight is 264 g/mol. The lowest BCUT2D eigenvalue weighted by atomic mass is 10.3. The minimum Gasteiger partial charge on any atom is -0.377 e. The van der Waals surface area contributed by atoms with Crippen molar-refractivity contribution in [1.82, 2.24) is 9.97 Å². The Morgan fingerprint density at radius 2 is 2.26 bits per heavy atom. The monoisotopic (exact) mass is 264 g/mol. The summed E-state index contributed by atoms with van der Waals surface area (Å²) in [5.41, 5.74) is 0. The molecule has 1 aromatic rings. The highest BCUT2D eigenvalue weighted by Crippen LogP contribution is 2.19. The van der Waals surface area contributed by atoms with Crippen LogP contribution < -0.4 is 10.2 Å². The van der Waals surface area contributed by atoms with E-state index in [-0.39, 0.29) is 6.10 Å². The Labute approximate surface area is 115 Å². The lowest BCUT2D eigenvalue weighted by molar-refractivity contribution is 0.0820. The third-order valence-electron chi connectivity index (χ3n) is 3.21. The van der Waals surface area contributed by atoms with Crippen LogP contribution >= 0.6 is 0 Å². The zero-order valence-corrected chi connectivity index (χ0v) is 12.1. The highest BCUT2D eigenvalue weighted by Gasteiger charge is 2.17. The van der Waals surface area contributed by atoms with E-state index in [0.29, 0.717) is 0 Å². The van der Waals surface area contributed by atoms with E-state index in [1.54, 1.807) is 0 Å². The Morgan fingerprint density at radius 1 is 1.42 bits per heavy atom. The predicted molar refractivity (Wildman–Crippen MR) is 77.8 cm³/mol. The summed E-state index contributed by atoms with van der Waals surface area (Å²) in [7, 11) is 0. The van der Waals surface area contributed by atoms with Crippen LogP contribution in [0.4, 0.5) is 11.6 Å². The third-order valence-corrected chi connectivity index (χ3v) is 3.21. The molecule has 1 saturated heterocycles. The van der Waals surface area contributed by atoms with Crippen LogP contribution in [-0.2, 0) is 11.2 Å². The first-order chi connectivity index (χ1) is 9.22. The summed E-state index contributed by atoms with van der Waals surface area (Å²) in [5.74, 6) is 2.83. The summed E-state index contributed by atoms with van der Waals surface area (Å²) in [6.45, 7) is 9.88. The van der Waals surface area contributed by atoms with Gasteiger partial charge in [0.25, 0.3) is 0 Å². The van der Waals surface area contributed by atoms with Gasteiger partial charge in [0, 0.05) is 38.7 Å². The molecule has 0 aromatic carbocycles. The first-order valence-electron chi connectivity index (χ1n) is 7.21. The maximum absolute atomic E-state index is 5.69. The van der Waals surface area contributed by atoms with Gasteiger partial charge in [0.1, 0.15) is 17.5 Å². The standard InChI is InChI=1S/C14H24N4O/c1-4-12-16-13(15-5-2)9-14(17-12)18-7-6-8-19-11(3)10-18/h9,11H,4-8,10H2,1-3H3,(H,15,16,17). The molecule has 0 saturated carbocycles. The van der Waals surface area contributed by atoms with E-state index in [4.69, 9.17) is 4.74 Å². The third kappa shape index (κ3) is 3.80. The Morgan fingerprint density at radius 3 is 3.00 bits per heavy atom. The lowest BCUT2D eigenvalue weighted by Gasteiger charge is -2.24. The van der Waals surface area contributed by atoms with Gasteiger partial charge in [-0.1, -0.05) is 6.92 Å². The van der Waals surface area contributed by atoms with Crippen LogP contribution in [0, 0.1) is 0 Å². The number of rotatable bonds is 4. The number of anilines is 2. The van der Waals surface area contributed by atoms with Crippen molar-refractivity contribution in [2.24, 2.45) is 0 Å². The highest BCUT2D eigenvalue weighted by molar-refractivity contribution is 5.49. The smallest absolute Gasteiger partial charge is 0.134 e. The molecule has 19 heavy (non-hydrogen) atoms. The van der Waals surface area contributed by atoms with Crippen LogP contribution in [0.5, 0.6) is 0 Å². The fourth-order valence-electron chi connectivity index (χ4n) is 2.28. The van der Waals surface area contributed by atoms with Gasteiger partial charge in [0.2, 0.25) is 0 Å². The number of aryl methyl sites for hydroxylation is 1. The van der Waals surface area contributed by atoms with Gasteiger partial charge < -0.3 is 15.0 Å². The minimum atomic E-state index is 0.255. The molecule has 1 aliphatic heterocycles. The molecule has 1 aliphatic rings. The molecule has 2 rings (SSSR count). The molecule has 0 aliphatic carbocycles. The van der Waals surface area contributed by atoms with Gasteiger partial charge >= 0.3 is 0 Å².